The van der Waals surface area contributed by atoms with Crippen LogP contribution in [0.3, 0.4) is 0 Å². The minimum absolute atomic E-state index is 0.185. The Bertz CT molecular complexity index is 875. The molecule has 2 N–H and O–H groups in total. The number of nitrogens with zero attached hydrogens (tertiary/aromatic N) is 5. The summed E-state index contributed by atoms with van der Waals surface area (Å²) in [5.41, 5.74) is 1.92. The number of aryl methyl sites for hydroxylation is 1. The first-order chi connectivity index (χ1) is 12.1. The van der Waals surface area contributed by atoms with E-state index < -0.39 is 11.8 Å². The number of anilines is 1. The van der Waals surface area contributed by atoms with E-state index in [1.165, 1.54) is 4.80 Å². The zero-order valence-corrected chi connectivity index (χ0v) is 13.4. The lowest BCUT2D eigenvalue weighted by molar-refractivity contribution is -0.136. The van der Waals surface area contributed by atoms with E-state index in [9.17, 15) is 9.59 Å². The Balaban J connectivity index is 1.56. The molecule has 0 fully saturated rings. The quantitative estimate of drug-likeness (QED) is 0.671. The van der Waals surface area contributed by atoms with Crippen molar-refractivity contribution in [2.24, 2.45) is 7.05 Å². The first-order valence-corrected chi connectivity index (χ1v) is 7.45. The molecule has 126 valence electrons. The third kappa shape index (κ3) is 4.22. The Morgan fingerprint density at radius 3 is 2.52 bits per heavy atom. The fourth-order valence-electron chi connectivity index (χ4n) is 2.04. The molecule has 2 amide bonds. The van der Waals surface area contributed by atoms with Crippen molar-refractivity contribution < 1.29 is 9.59 Å². The Morgan fingerprint density at radius 2 is 1.88 bits per heavy atom. The van der Waals surface area contributed by atoms with Gasteiger partial charge in [0.25, 0.3) is 0 Å². The molecular formula is C16H15N7O2. The third-order valence-electron chi connectivity index (χ3n) is 3.27. The molecule has 0 unspecified atom stereocenters. The minimum Gasteiger partial charge on any atom is -0.342 e. The summed E-state index contributed by atoms with van der Waals surface area (Å²) in [7, 11) is 1.68. The van der Waals surface area contributed by atoms with Crippen LogP contribution >= 0.6 is 0 Å². The number of carbonyl (C=O) groups is 2. The maximum atomic E-state index is 11.9. The SMILES string of the molecule is Cn1nnc(-c2ccc(NC(=O)C(=O)NCc3ccccn3)cc2)n1. The van der Waals surface area contributed by atoms with Crippen molar-refractivity contribution in [1.29, 1.82) is 0 Å². The zero-order chi connectivity index (χ0) is 17.6. The number of aromatic nitrogens is 5. The Morgan fingerprint density at radius 1 is 1.08 bits per heavy atom. The molecule has 0 aliphatic rings. The molecular weight excluding hydrogens is 322 g/mol. The van der Waals surface area contributed by atoms with Crippen LogP contribution in [-0.4, -0.2) is 37.0 Å². The van der Waals surface area contributed by atoms with Gasteiger partial charge in [0.2, 0.25) is 5.82 Å². The van der Waals surface area contributed by atoms with Gasteiger partial charge >= 0.3 is 11.8 Å². The van der Waals surface area contributed by atoms with Gasteiger partial charge in [0.1, 0.15) is 0 Å². The van der Waals surface area contributed by atoms with Crippen molar-refractivity contribution in [2.75, 3.05) is 5.32 Å². The Kier molecular flexibility index (Phi) is 4.74. The lowest BCUT2D eigenvalue weighted by Crippen LogP contribution is -2.35. The highest BCUT2D eigenvalue weighted by Crippen LogP contribution is 2.16. The summed E-state index contributed by atoms with van der Waals surface area (Å²) >= 11 is 0. The van der Waals surface area contributed by atoms with Crippen LogP contribution < -0.4 is 10.6 Å². The van der Waals surface area contributed by atoms with Crippen molar-refractivity contribution in [3.63, 3.8) is 0 Å². The topological polar surface area (TPSA) is 115 Å². The average Bonchev–Trinajstić information content (AvgIpc) is 3.07. The van der Waals surface area contributed by atoms with Crippen molar-refractivity contribution in [1.82, 2.24) is 30.5 Å². The maximum absolute atomic E-state index is 11.9. The predicted molar refractivity (Wildman–Crippen MR) is 88.9 cm³/mol. The highest BCUT2D eigenvalue weighted by Gasteiger charge is 2.14. The molecule has 0 bridgehead atoms. The lowest BCUT2D eigenvalue weighted by atomic mass is 10.2. The molecule has 2 aromatic heterocycles. The first kappa shape index (κ1) is 16.2. The molecule has 3 rings (SSSR count). The maximum Gasteiger partial charge on any atom is 0.313 e. The molecule has 3 aromatic rings. The van der Waals surface area contributed by atoms with Gasteiger partial charge in [-0.1, -0.05) is 6.07 Å². The second kappa shape index (κ2) is 7.30. The predicted octanol–water partition coefficient (Wildman–Crippen LogP) is 0.527. The Labute approximate surface area is 143 Å². The van der Waals surface area contributed by atoms with Crippen LogP contribution in [0.4, 0.5) is 5.69 Å². The monoisotopic (exact) mass is 337 g/mol. The summed E-state index contributed by atoms with van der Waals surface area (Å²) in [6.45, 7) is 0.185. The van der Waals surface area contributed by atoms with Gasteiger partial charge in [-0.25, -0.2) is 0 Å². The molecule has 1 aromatic carbocycles. The minimum atomic E-state index is -0.749. The highest BCUT2D eigenvalue weighted by molar-refractivity contribution is 6.39. The van der Waals surface area contributed by atoms with E-state index in [0.29, 0.717) is 17.2 Å². The number of nitrogens with one attached hydrogen (secondary N) is 2. The number of rotatable bonds is 4. The van der Waals surface area contributed by atoms with Crippen LogP contribution in [0.25, 0.3) is 11.4 Å². The molecule has 25 heavy (non-hydrogen) atoms. The average molecular weight is 337 g/mol. The van der Waals surface area contributed by atoms with Gasteiger partial charge in [0.15, 0.2) is 0 Å². The smallest absolute Gasteiger partial charge is 0.313 e. The van der Waals surface area contributed by atoms with Gasteiger partial charge in [0, 0.05) is 17.4 Å². The van der Waals surface area contributed by atoms with Crippen molar-refractivity contribution in [2.45, 2.75) is 6.54 Å². The molecule has 0 aliphatic carbocycles. The van der Waals surface area contributed by atoms with Crippen molar-refractivity contribution >= 4 is 17.5 Å². The molecule has 0 spiro atoms. The van der Waals surface area contributed by atoms with Gasteiger partial charge in [-0.05, 0) is 41.6 Å². The Hall–Kier alpha value is -3.62. The van der Waals surface area contributed by atoms with Crippen molar-refractivity contribution in [3.05, 3.63) is 54.4 Å². The van der Waals surface area contributed by atoms with E-state index in [0.717, 1.165) is 5.56 Å². The normalized spacial score (nSPS) is 10.3. The van der Waals surface area contributed by atoms with Crippen LogP contribution in [0.1, 0.15) is 5.69 Å². The fraction of sp³-hybridized carbons (Fsp3) is 0.125. The number of hydrogen-bond acceptors (Lipinski definition) is 6. The number of amides is 2. The zero-order valence-electron chi connectivity index (χ0n) is 13.4. The van der Waals surface area contributed by atoms with Crippen molar-refractivity contribution in [3.8, 4) is 11.4 Å². The van der Waals surface area contributed by atoms with E-state index in [1.807, 2.05) is 6.07 Å². The van der Waals surface area contributed by atoms with E-state index in [-0.39, 0.29) is 6.54 Å². The highest BCUT2D eigenvalue weighted by atomic mass is 16.2. The number of benzene rings is 1. The molecule has 0 atom stereocenters. The summed E-state index contributed by atoms with van der Waals surface area (Å²) in [5, 5.41) is 16.8. The van der Waals surface area contributed by atoms with E-state index in [2.05, 4.69) is 31.0 Å². The summed E-state index contributed by atoms with van der Waals surface area (Å²) < 4.78 is 0. The molecule has 0 aliphatic heterocycles. The van der Waals surface area contributed by atoms with Gasteiger partial charge in [-0.3, -0.25) is 14.6 Å². The van der Waals surface area contributed by atoms with E-state index in [4.69, 9.17) is 0 Å². The summed E-state index contributed by atoms with van der Waals surface area (Å²) in [6.07, 6.45) is 1.62. The largest absolute Gasteiger partial charge is 0.342 e. The summed E-state index contributed by atoms with van der Waals surface area (Å²) in [6, 6.07) is 12.1. The molecule has 0 saturated carbocycles. The number of carbonyl (C=O) groups excluding carboxylic acids is 2. The standard InChI is InChI=1S/C16H15N7O2/c1-23-21-14(20-22-23)11-5-7-12(8-6-11)19-16(25)15(24)18-10-13-4-2-3-9-17-13/h2-9H,10H2,1H3,(H,18,24)(H,19,25). The van der Waals surface area contributed by atoms with Crippen LogP contribution in [0.15, 0.2) is 48.7 Å². The molecule has 0 radical (unpaired) electrons. The third-order valence-corrected chi connectivity index (χ3v) is 3.27. The summed E-state index contributed by atoms with van der Waals surface area (Å²) in [4.78, 5) is 29.2. The lowest BCUT2D eigenvalue weighted by Gasteiger charge is -2.06. The number of pyridine rings is 1. The molecule has 9 heteroatoms. The number of tetrazole rings is 1. The van der Waals surface area contributed by atoms with Gasteiger partial charge in [-0.15, -0.1) is 10.2 Å². The molecule has 9 nitrogen and oxygen atoms in total. The van der Waals surface area contributed by atoms with Crippen LogP contribution in [0, 0.1) is 0 Å². The number of hydrogen-bond donors (Lipinski definition) is 2. The van der Waals surface area contributed by atoms with Gasteiger partial charge in [-0.2, -0.15) is 4.80 Å². The fourth-order valence-corrected chi connectivity index (χ4v) is 2.04. The van der Waals surface area contributed by atoms with Gasteiger partial charge < -0.3 is 10.6 Å². The van der Waals surface area contributed by atoms with Crippen LogP contribution in [-0.2, 0) is 23.2 Å². The first-order valence-electron chi connectivity index (χ1n) is 7.45. The molecule has 0 saturated heterocycles. The van der Waals surface area contributed by atoms with Crippen LogP contribution in [0.5, 0.6) is 0 Å². The second-order valence-corrected chi connectivity index (χ2v) is 5.14. The molecule has 2 heterocycles. The summed E-state index contributed by atoms with van der Waals surface area (Å²) in [5.74, 6) is -1.000. The van der Waals surface area contributed by atoms with E-state index >= 15 is 0 Å². The van der Waals surface area contributed by atoms with Gasteiger partial charge in [0.05, 0.1) is 19.3 Å². The van der Waals surface area contributed by atoms with E-state index in [1.54, 1.807) is 49.6 Å². The van der Waals surface area contributed by atoms with Crippen LogP contribution in [0.2, 0.25) is 0 Å². The second-order valence-electron chi connectivity index (χ2n) is 5.14.